The van der Waals surface area contributed by atoms with Crippen LogP contribution in [0.2, 0.25) is 0 Å². The summed E-state index contributed by atoms with van der Waals surface area (Å²) in [5, 5.41) is 11.1. The lowest BCUT2D eigenvalue weighted by Crippen LogP contribution is -2.32. The number of nitrogens with zero attached hydrogens (tertiary/aromatic N) is 2. The molecule has 1 aromatic heterocycles. The summed E-state index contributed by atoms with van der Waals surface area (Å²) >= 11 is 0. The Morgan fingerprint density at radius 3 is 2.67 bits per heavy atom. The van der Waals surface area contributed by atoms with Crippen molar-refractivity contribution in [2.45, 2.75) is 24.9 Å². The van der Waals surface area contributed by atoms with Crippen LogP contribution in [0.15, 0.2) is 66.9 Å². The highest BCUT2D eigenvalue weighted by molar-refractivity contribution is 5.92. The first-order chi connectivity index (χ1) is 14.3. The third kappa shape index (κ3) is 4.83. The fourth-order valence-corrected chi connectivity index (χ4v) is 3.82. The van der Waals surface area contributed by atoms with E-state index in [1.807, 2.05) is 65.5 Å². The van der Waals surface area contributed by atoms with E-state index in [0.29, 0.717) is 11.7 Å². The second kappa shape index (κ2) is 10.3. The molecule has 1 amide bonds. The van der Waals surface area contributed by atoms with Crippen LogP contribution in [0.1, 0.15) is 46.5 Å². The second-order valence-corrected chi connectivity index (χ2v) is 7.24. The van der Waals surface area contributed by atoms with E-state index in [2.05, 4.69) is 15.7 Å². The van der Waals surface area contributed by atoms with E-state index in [1.54, 1.807) is 13.2 Å². The number of halogens is 1. The summed E-state index contributed by atoms with van der Waals surface area (Å²) in [6.45, 7) is 1.93. The number of piperidine rings is 1. The molecule has 0 radical (unpaired) electrons. The smallest absolute Gasteiger partial charge is 0.272 e. The van der Waals surface area contributed by atoms with Crippen molar-refractivity contribution in [3.8, 4) is 5.75 Å². The largest absolute Gasteiger partial charge is 0.496 e. The highest BCUT2D eigenvalue weighted by Gasteiger charge is 2.23. The fourth-order valence-electron chi connectivity index (χ4n) is 3.82. The third-order valence-electron chi connectivity index (χ3n) is 5.34. The Hall–Kier alpha value is -2.83. The topological polar surface area (TPSA) is 68.2 Å². The molecule has 2 aromatic carbocycles. The van der Waals surface area contributed by atoms with Gasteiger partial charge in [-0.15, -0.1) is 12.4 Å². The molecule has 30 heavy (non-hydrogen) atoms. The molecule has 1 saturated heterocycles. The first-order valence-electron chi connectivity index (χ1n) is 10.0. The number of nitrogens with one attached hydrogen (secondary N) is 2. The molecule has 1 fully saturated rings. The van der Waals surface area contributed by atoms with Crippen LogP contribution in [0.4, 0.5) is 0 Å². The average molecular weight is 427 g/mol. The zero-order valence-electron chi connectivity index (χ0n) is 17.0. The van der Waals surface area contributed by atoms with Crippen LogP contribution in [0.5, 0.6) is 5.75 Å². The van der Waals surface area contributed by atoms with Crippen LogP contribution in [0, 0.1) is 0 Å². The van der Waals surface area contributed by atoms with Crippen molar-refractivity contribution in [1.29, 1.82) is 0 Å². The molecule has 2 atom stereocenters. The first-order valence-corrected chi connectivity index (χ1v) is 10.0. The minimum atomic E-state index is -0.332. The highest BCUT2D eigenvalue weighted by Crippen LogP contribution is 2.30. The van der Waals surface area contributed by atoms with Crippen LogP contribution in [-0.2, 0) is 0 Å². The van der Waals surface area contributed by atoms with Crippen molar-refractivity contribution >= 4 is 18.3 Å². The van der Waals surface area contributed by atoms with Crippen molar-refractivity contribution in [3.63, 3.8) is 0 Å². The number of hydrogen-bond acceptors (Lipinski definition) is 4. The number of hydrogen-bond donors (Lipinski definition) is 2. The maximum Gasteiger partial charge on any atom is 0.272 e. The Morgan fingerprint density at radius 2 is 1.93 bits per heavy atom. The minimum Gasteiger partial charge on any atom is -0.496 e. The van der Waals surface area contributed by atoms with Gasteiger partial charge in [-0.25, -0.2) is 0 Å². The van der Waals surface area contributed by atoms with Gasteiger partial charge in [-0.3, -0.25) is 9.48 Å². The van der Waals surface area contributed by atoms with E-state index in [0.717, 1.165) is 42.8 Å². The lowest BCUT2D eigenvalue weighted by Gasteiger charge is -2.23. The maximum absolute atomic E-state index is 13.1. The van der Waals surface area contributed by atoms with Gasteiger partial charge < -0.3 is 15.4 Å². The number of aromatic nitrogens is 2. The summed E-state index contributed by atoms with van der Waals surface area (Å²) in [4.78, 5) is 13.1. The van der Waals surface area contributed by atoms with Crippen molar-refractivity contribution in [2.75, 3.05) is 20.2 Å². The zero-order chi connectivity index (χ0) is 20.1. The summed E-state index contributed by atoms with van der Waals surface area (Å²) in [7, 11) is 1.64. The minimum absolute atomic E-state index is 0. The molecule has 3 aromatic rings. The summed E-state index contributed by atoms with van der Waals surface area (Å²) in [5.74, 6) is 0.535. The number of amides is 1. The summed E-state index contributed by atoms with van der Waals surface area (Å²) < 4.78 is 7.45. The van der Waals surface area contributed by atoms with Crippen molar-refractivity contribution in [3.05, 3.63) is 83.7 Å². The molecule has 158 valence electrons. The second-order valence-electron chi connectivity index (χ2n) is 7.24. The molecular formula is C23H27ClN4O2. The quantitative estimate of drug-likeness (QED) is 0.629. The molecule has 7 heteroatoms. The van der Waals surface area contributed by atoms with Gasteiger partial charge in [0.05, 0.1) is 19.2 Å². The molecule has 2 heterocycles. The molecule has 0 spiro atoms. The molecule has 2 unspecified atom stereocenters. The Kier molecular flexibility index (Phi) is 7.49. The predicted octanol–water partition coefficient (Wildman–Crippen LogP) is 3.76. The molecule has 2 N–H and O–H groups in total. The van der Waals surface area contributed by atoms with Crippen molar-refractivity contribution < 1.29 is 9.53 Å². The van der Waals surface area contributed by atoms with E-state index >= 15 is 0 Å². The standard InChI is InChI=1S/C23H26N4O2.ClH/c1-29-21-12-6-5-11-19(21)22(17-8-3-2-4-9-17)25-23(28)20-13-15-27(26-20)18-10-7-14-24-16-18;/h2-6,8-9,11-13,15,18,22,24H,7,10,14,16H2,1H3,(H,25,28);1H. The molecular weight excluding hydrogens is 400 g/mol. The lowest BCUT2D eigenvalue weighted by atomic mass is 9.97. The van der Waals surface area contributed by atoms with E-state index in [1.165, 1.54) is 0 Å². The number of carbonyl (C=O) groups excluding carboxylic acids is 1. The Morgan fingerprint density at radius 1 is 1.17 bits per heavy atom. The number of benzene rings is 2. The van der Waals surface area contributed by atoms with Gasteiger partial charge in [-0.2, -0.15) is 5.10 Å². The zero-order valence-corrected chi connectivity index (χ0v) is 17.8. The number of carbonyl (C=O) groups is 1. The summed E-state index contributed by atoms with van der Waals surface area (Å²) in [5.41, 5.74) is 2.32. The Labute approximate surface area is 183 Å². The average Bonchev–Trinajstić information content (AvgIpc) is 3.29. The van der Waals surface area contributed by atoms with Crippen LogP contribution >= 0.6 is 12.4 Å². The number of methoxy groups -OCH3 is 1. The number of rotatable bonds is 6. The number of ether oxygens (including phenoxy) is 1. The molecule has 1 aliphatic heterocycles. The summed E-state index contributed by atoms with van der Waals surface area (Å²) in [6.07, 6.45) is 4.09. The third-order valence-corrected chi connectivity index (χ3v) is 5.34. The van der Waals surface area contributed by atoms with E-state index < -0.39 is 0 Å². The van der Waals surface area contributed by atoms with Gasteiger partial charge in [0.1, 0.15) is 11.4 Å². The van der Waals surface area contributed by atoms with Crippen LogP contribution < -0.4 is 15.4 Å². The molecule has 0 saturated carbocycles. The molecule has 0 aliphatic carbocycles. The highest BCUT2D eigenvalue weighted by atomic mass is 35.5. The van der Waals surface area contributed by atoms with Gasteiger partial charge in [0.2, 0.25) is 0 Å². The van der Waals surface area contributed by atoms with Crippen LogP contribution in [-0.4, -0.2) is 35.9 Å². The maximum atomic E-state index is 13.1. The van der Waals surface area contributed by atoms with Gasteiger partial charge in [-0.05, 0) is 37.1 Å². The van der Waals surface area contributed by atoms with Crippen LogP contribution in [0.25, 0.3) is 0 Å². The van der Waals surface area contributed by atoms with E-state index in [-0.39, 0.29) is 24.4 Å². The Balaban J connectivity index is 0.00000256. The van der Waals surface area contributed by atoms with Gasteiger partial charge in [0.15, 0.2) is 0 Å². The summed E-state index contributed by atoms with van der Waals surface area (Å²) in [6, 6.07) is 19.4. The SMILES string of the molecule is COc1ccccc1C(NC(=O)c1ccn(C2CCCNC2)n1)c1ccccc1.Cl. The first kappa shape index (κ1) is 21.9. The number of para-hydroxylation sites is 1. The van der Waals surface area contributed by atoms with Crippen molar-refractivity contribution in [1.82, 2.24) is 20.4 Å². The Bertz CT molecular complexity index is 955. The van der Waals surface area contributed by atoms with Gasteiger partial charge in [-0.1, -0.05) is 48.5 Å². The molecule has 4 rings (SSSR count). The van der Waals surface area contributed by atoms with Crippen LogP contribution in [0.3, 0.4) is 0 Å². The van der Waals surface area contributed by atoms with Gasteiger partial charge >= 0.3 is 0 Å². The van der Waals surface area contributed by atoms with Gasteiger partial charge in [0.25, 0.3) is 5.91 Å². The fraction of sp³-hybridized carbons (Fsp3) is 0.304. The van der Waals surface area contributed by atoms with E-state index in [9.17, 15) is 4.79 Å². The van der Waals surface area contributed by atoms with Crippen molar-refractivity contribution in [2.24, 2.45) is 0 Å². The normalized spacial score (nSPS) is 16.9. The predicted molar refractivity (Wildman–Crippen MR) is 119 cm³/mol. The lowest BCUT2D eigenvalue weighted by molar-refractivity contribution is 0.0936. The molecule has 6 nitrogen and oxygen atoms in total. The molecule has 0 bridgehead atoms. The van der Waals surface area contributed by atoms with Gasteiger partial charge in [0, 0.05) is 18.3 Å². The monoisotopic (exact) mass is 426 g/mol. The van der Waals surface area contributed by atoms with E-state index in [4.69, 9.17) is 4.74 Å². The molecule has 1 aliphatic rings.